The number of para-hydroxylation sites is 2. The van der Waals surface area contributed by atoms with Crippen LogP contribution < -0.4 is 9.64 Å². The number of thiophene rings is 1. The second-order valence-electron chi connectivity index (χ2n) is 6.03. The molecule has 4 aromatic rings. The van der Waals surface area contributed by atoms with Crippen molar-refractivity contribution in [1.82, 2.24) is 0 Å². The molecule has 3 aromatic carbocycles. The SMILES string of the molecule is COc1ccccc1N(C(=O)c1sc2ccccc2c1Cl)c1ccc(Cl)cc1. The van der Waals surface area contributed by atoms with E-state index >= 15 is 0 Å². The number of hydrogen-bond donors (Lipinski definition) is 0. The van der Waals surface area contributed by atoms with Gasteiger partial charge in [-0.2, -0.15) is 0 Å². The van der Waals surface area contributed by atoms with Gasteiger partial charge in [-0.3, -0.25) is 9.69 Å². The van der Waals surface area contributed by atoms with Crippen LogP contribution in [0.4, 0.5) is 11.4 Å². The number of fused-ring (bicyclic) bond motifs is 1. The first-order chi connectivity index (χ1) is 13.6. The minimum Gasteiger partial charge on any atom is -0.495 e. The molecule has 1 heterocycles. The molecule has 0 unspecified atom stereocenters. The highest BCUT2D eigenvalue weighted by molar-refractivity contribution is 7.21. The van der Waals surface area contributed by atoms with Crippen molar-refractivity contribution in [3.05, 3.63) is 87.7 Å². The Hall–Kier alpha value is -2.53. The summed E-state index contributed by atoms with van der Waals surface area (Å²) in [5.41, 5.74) is 1.30. The maximum absolute atomic E-state index is 13.7. The van der Waals surface area contributed by atoms with Crippen LogP contribution in [0.5, 0.6) is 5.75 Å². The topological polar surface area (TPSA) is 29.5 Å². The lowest BCUT2D eigenvalue weighted by atomic mass is 10.2. The molecule has 4 rings (SSSR count). The first-order valence-corrected chi connectivity index (χ1v) is 10.1. The van der Waals surface area contributed by atoms with Crippen molar-refractivity contribution in [1.29, 1.82) is 0 Å². The van der Waals surface area contributed by atoms with Crippen molar-refractivity contribution >= 4 is 61.9 Å². The highest BCUT2D eigenvalue weighted by Crippen LogP contribution is 2.40. The van der Waals surface area contributed by atoms with Gasteiger partial charge >= 0.3 is 0 Å². The van der Waals surface area contributed by atoms with Crippen LogP contribution in [-0.4, -0.2) is 13.0 Å². The monoisotopic (exact) mass is 427 g/mol. The molecule has 140 valence electrons. The van der Waals surface area contributed by atoms with Gasteiger partial charge in [0.1, 0.15) is 10.6 Å². The third kappa shape index (κ3) is 3.35. The van der Waals surface area contributed by atoms with Gasteiger partial charge in [-0.15, -0.1) is 11.3 Å². The Kier molecular flexibility index (Phi) is 5.27. The molecule has 0 bridgehead atoms. The Morgan fingerprint density at radius 3 is 2.32 bits per heavy atom. The molecule has 0 atom stereocenters. The normalized spacial score (nSPS) is 10.8. The van der Waals surface area contributed by atoms with E-state index in [0.717, 1.165) is 10.1 Å². The van der Waals surface area contributed by atoms with Crippen LogP contribution in [0.25, 0.3) is 10.1 Å². The van der Waals surface area contributed by atoms with Crippen LogP contribution in [0.1, 0.15) is 9.67 Å². The van der Waals surface area contributed by atoms with Gasteiger partial charge < -0.3 is 4.74 Å². The number of rotatable bonds is 4. The zero-order valence-corrected chi connectivity index (χ0v) is 17.2. The molecule has 1 amide bonds. The summed E-state index contributed by atoms with van der Waals surface area (Å²) in [6, 6.07) is 22.2. The highest BCUT2D eigenvalue weighted by atomic mass is 35.5. The van der Waals surface area contributed by atoms with E-state index in [4.69, 9.17) is 27.9 Å². The van der Waals surface area contributed by atoms with Gasteiger partial charge in [0.05, 0.1) is 17.8 Å². The summed E-state index contributed by atoms with van der Waals surface area (Å²) in [4.78, 5) is 15.7. The summed E-state index contributed by atoms with van der Waals surface area (Å²) in [5, 5.41) is 1.92. The quantitative estimate of drug-likeness (QED) is 0.344. The number of anilines is 2. The molecular formula is C22H15Cl2NO2S. The van der Waals surface area contributed by atoms with E-state index in [9.17, 15) is 4.79 Å². The molecule has 0 spiro atoms. The average molecular weight is 428 g/mol. The van der Waals surface area contributed by atoms with E-state index in [-0.39, 0.29) is 5.91 Å². The molecule has 0 aliphatic carbocycles. The Bertz CT molecular complexity index is 1150. The Labute approximate surface area is 176 Å². The Morgan fingerprint density at radius 2 is 1.61 bits per heavy atom. The fraction of sp³-hybridized carbons (Fsp3) is 0.0455. The van der Waals surface area contributed by atoms with Gasteiger partial charge in [0.25, 0.3) is 5.91 Å². The maximum atomic E-state index is 13.7. The predicted molar refractivity (Wildman–Crippen MR) is 118 cm³/mol. The molecule has 0 saturated heterocycles. The standard InChI is InChI=1S/C22H15Cl2NO2S/c1-27-18-8-4-3-7-17(18)25(15-12-10-14(23)11-13-15)22(26)21-20(24)16-6-2-5-9-19(16)28-21/h2-13H,1H3. The number of hydrogen-bond acceptors (Lipinski definition) is 3. The lowest BCUT2D eigenvalue weighted by molar-refractivity contribution is 0.100. The molecule has 28 heavy (non-hydrogen) atoms. The van der Waals surface area contributed by atoms with Crippen LogP contribution >= 0.6 is 34.5 Å². The van der Waals surface area contributed by atoms with Crippen molar-refractivity contribution in [3.8, 4) is 5.75 Å². The second-order valence-corrected chi connectivity index (χ2v) is 7.90. The van der Waals surface area contributed by atoms with Crippen molar-refractivity contribution in [2.45, 2.75) is 0 Å². The molecule has 0 radical (unpaired) electrons. The van der Waals surface area contributed by atoms with E-state index in [1.54, 1.807) is 36.3 Å². The smallest absolute Gasteiger partial charge is 0.274 e. The van der Waals surface area contributed by atoms with Crippen LogP contribution in [-0.2, 0) is 0 Å². The highest BCUT2D eigenvalue weighted by Gasteiger charge is 2.27. The number of carbonyl (C=O) groups is 1. The number of carbonyl (C=O) groups excluding carboxylic acids is 1. The first kappa shape index (κ1) is 18.8. The van der Waals surface area contributed by atoms with Gasteiger partial charge in [-0.1, -0.05) is 53.5 Å². The third-order valence-electron chi connectivity index (χ3n) is 4.34. The first-order valence-electron chi connectivity index (χ1n) is 8.50. The maximum Gasteiger partial charge on any atom is 0.274 e. The van der Waals surface area contributed by atoms with E-state index < -0.39 is 0 Å². The van der Waals surface area contributed by atoms with Gasteiger partial charge in [-0.25, -0.2) is 0 Å². The molecule has 0 aliphatic heterocycles. The minimum absolute atomic E-state index is 0.224. The van der Waals surface area contributed by atoms with Gasteiger partial charge in [0, 0.05) is 20.8 Å². The Balaban J connectivity index is 1.90. The van der Waals surface area contributed by atoms with Crippen LogP contribution in [0, 0.1) is 0 Å². The Morgan fingerprint density at radius 1 is 0.929 bits per heavy atom. The van der Waals surface area contributed by atoms with E-state index in [1.807, 2.05) is 48.5 Å². The lowest BCUT2D eigenvalue weighted by Crippen LogP contribution is -2.25. The number of methoxy groups -OCH3 is 1. The summed E-state index contributed by atoms with van der Waals surface area (Å²) in [6.45, 7) is 0. The fourth-order valence-electron chi connectivity index (χ4n) is 3.02. The van der Waals surface area contributed by atoms with Gasteiger partial charge in [0.2, 0.25) is 0 Å². The van der Waals surface area contributed by atoms with Crippen molar-refractivity contribution in [2.75, 3.05) is 12.0 Å². The summed E-state index contributed by atoms with van der Waals surface area (Å²) < 4.78 is 6.46. The second kappa shape index (κ2) is 7.84. The molecular weight excluding hydrogens is 413 g/mol. The van der Waals surface area contributed by atoms with Crippen molar-refractivity contribution in [3.63, 3.8) is 0 Å². The van der Waals surface area contributed by atoms with Crippen LogP contribution in [0.15, 0.2) is 72.8 Å². The van der Waals surface area contributed by atoms with Crippen molar-refractivity contribution in [2.24, 2.45) is 0 Å². The summed E-state index contributed by atoms with van der Waals surface area (Å²) >= 11 is 14.0. The summed E-state index contributed by atoms with van der Waals surface area (Å²) in [5.74, 6) is 0.362. The molecule has 6 heteroatoms. The predicted octanol–water partition coefficient (Wildman–Crippen LogP) is 7.20. The van der Waals surface area contributed by atoms with Crippen LogP contribution in [0.3, 0.4) is 0 Å². The summed E-state index contributed by atoms with van der Waals surface area (Å²) in [6.07, 6.45) is 0. The zero-order chi connectivity index (χ0) is 19.7. The molecule has 0 saturated carbocycles. The fourth-order valence-corrected chi connectivity index (χ4v) is 4.59. The molecule has 0 N–H and O–H groups in total. The summed E-state index contributed by atoms with van der Waals surface area (Å²) in [7, 11) is 1.58. The van der Waals surface area contributed by atoms with E-state index in [2.05, 4.69) is 0 Å². The minimum atomic E-state index is -0.224. The van der Waals surface area contributed by atoms with Gasteiger partial charge in [-0.05, 0) is 42.5 Å². The molecule has 0 aliphatic rings. The van der Waals surface area contributed by atoms with Gasteiger partial charge in [0.15, 0.2) is 0 Å². The molecule has 0 fully saturated rings. The van der Waals surface area contributed by atoms with E-state index in [0.29, 0.717) is 32.0 Å². The largest absolute Gasteiger partial charge is 0.495 e. The number of benzene rings is 3. The number of amides is 1. The van der Waals surface area contributed by atoms with Crippen molar-refractivity contribution < 1.29 is 9.53 Å². The molecule has 3 nitrogen and oxygen atoms in total. The number of ether oxygens (including phenoxy) is 1. The average Bonchev–Trinajstić information content (AvgIpc) is 3.07. The third-order valence-corrected chi connectivity index (χ3v) is 6.26. The molecule has 1 aromatic heterocycles. The number of nitrogens with zero attached hydrogens (tertiary/aromatic N) is 1. The van der Waals surface area contributed by atoms with E-state index in [1.165, 1.54) is 11.3 Å². The van der Waals surface area contributed by atoms with Crippen LogP contribution in [0.2, 0.25) is 10.0 Å². The lowest BCUT2D eigenvalue weighted by Gasteiger charge is -2.24. The number of halogens is 2. The zero-order valence-electron chi connectivity index (χ0n) is 14.9.